The molecule has 0 saturated heterocycles. The molecule has 5 heteroatoms. The average Bonchev–Trinajstić information content (AvgIpc) is 2.92. The zero-order valence-electron chi connectivity index (χ0n) is 13.2. The zero-order valence-corrected chi connectivity index (χ0v) is 13.2. The quantitative estimate of drug-likeness (QED) is 0.850. The van der Waals surface area contributed by atoms with Gasteiger partial charge in [-0.25, -0.2) is 0 Å². The summed E-state index contributed by atoms with van der Waals surface area (Å²) < 4.78 is 6.93. The normalized spacial score (nSPS) is 12.2. The highest BCUT2D eigenvalue weighted by atomic mass is 16.5. The Kier molecular flexibility index (Phi) is 5.22. The summed E-state index contributed by atoms with van der Waals surface area (Å²) in [5, 5.41) is 7.77. The summed E-state index contributed by atoms with van der Waals surface area (Å²) in [5.74, 6) is 0. The molecule has 114 valence electrons. The lowest BCUT2D eigenvalue weighted by Crippen LogP contribution is -2.10. The van der Waals surface area contributed by atoms with Crippen molar-refractivity contribution in [3.05, 3.63) is 42.2 Å². The number of aromatic nitrogens is 2. The van der Waals surface area contributed by atoms with Crippen molar-refractivity contribution < 1.29 is 4.74 Å². The Hall–Kier alpha value is -2.01. The van der Waals surface area contributed by atoms with E-state index in [1.54, 1.807) is 7.11 Å². The Bertz CT molecular complexity index is 548. The summed E-state index contributed by atoms with van der Waals surface area (Å²) in [4.78, 5) is 2.10. The second-order valence-electron chi connectivity index (χ2n) is 5.34. The number of anilines is 2. The van der Waals surface area contributed by atoms with Crippen LogP contribution in [-0.4, -0.2) is 37.6 Å². The highest BCUT2D eigenvalue weighted by molar-refractivity contribution is 5.48. The van der Waals surface area contributed by atoms with Gasteiger partial charge in [0, 0.05) is 39.1 Å². The van der Waals surface area contributed by atoms with E-state index in [0.717, 1.165) is 12.2 Å². The lowest BCUT2D eigenvalue weighted by atomic mass is 10.1. The van der Waals surface area contributed by atoms with Crippen LogP contribution in [0.15, 0.2) is 36.7 Å². The molecular weight excluding hydrogens is 264 g/mol. The van der Waals surface area contributed by atoms with Gasteiger partial charge in [-0.3, -0.25) is 4.68 Å². The molecule has 2 rings (SSSR count). The van der Waals surface area contributed by atoms with E-state index >= 15 is 0 Å². The summed E-state index contributed by atoms with van der Waals surface area (Å²) in [6.07, 6.45) is 3.85. The Balaban J connectivity index is 1.97. The van der Waals surface area contributed by atoms with Crippen LogP contribution in [-0.2, 0) is 11.3 Å². The molecule has 0 bridgehead atoms. The van der Waals surface area contributed by atoms with Crippen molar-refractivity contribution in [2.75, 3.05) is 38.0 Å². The number of rotatable bonds is 7. The van der Waals surface area contributed by atoms with E-state index in [9.17, 15) is 0 Å². The van der Waals surface area contributed by atoms with Crippen molar-refractivity contribution in [2.45, 2.75) is 19.5 Å². The lowest BCUT2D eigenvalue weighted by molar-refractivity contribution is 0.183. The van der Waals surface area contributed by atoms with Gasteiger partial charge in [-0.15, -0.1) is 0 Å². The minimum absolute atomic E-state index is 0.237. The van der Waals surface area contributed by atoms with Crippen LogP contribution < -0.4 is 10.2 Å². The van der Waals surface area contributed by atoms with Gasteiger partial charge in [0.2, 0.25) is 0 Å². The summed E-state index contributed by atoms with van der Waals surface area (Å²) in [5.41, 5.74) is 3.49. The van der Waals surface area contributed by atoms with E-state index in [1.165, 1.54) is 11.3 Å². The molecule has 0 aliphatic carbocycles. The smallest absolute Gasteiger partial charge is 0.0731 e. The van der Waals surface area contributed by atoms with Crippen molar-refractivity contribution in [3.8, 4) is 0 Å². The first-order valence-electron chi connectivity index (χ1n) is 7.15. The summed E-state index contributed by atoms with van der Waals surface area (Å²) in [6, 6.07) is 8.82. The van der Waals surface area contributed by atoms with E-state index < -0.39 is 0 Å². The van der Waals surface area contributed by atoms with Gasteiger partial charge < -0.3 is 15.0 Å². The monoisotopic (exact) mass is 288 g/mol. The van der Waals surface area contributed by atoms with Gasteiger partial charge in [0.05, 0.1) is 25.0 Å². The zero-order chi connectivity index (χ0) is 15.2. The van der Waals surface area contributed by atoms with Crippen molar-refractivity contribution in [1.82, 2.24) is 9.78 Å². The molecule has 0 aliphatic rings. The fraction of sp³-hybridized carbons (Fsp3) is 0.438. The topological polar surface area (TPSA) is 42.3 Å². The van der Waals surface area contributed by atoms with Crippen LogP contribution in [0.25, 0.3) is 0 Å². The second kappa shape index (κ2) is 7.13. The van der Waals surface area contributed by atoms with Crippen LogP contribution in [0.2, 0.25) is 0 Å². The molecule has 0 fully saturated rings. The number of nitrogens with one attached hydrogen (secondary N) is 1. The molecule has 1 aromatic heterocycles. The third-order valence-corrected chi connectivity index (χ3v) is 3.45. The van der Waals surface area contributed by atoms with Gasteiger partial charge in [-0.2, -0.15) is 5.10 Å². The first-order valence-corrected chi connectivity index (χ1v) is 7.15. The molecule has 1 heterocycles. The molecule has 0 saturated carbocycles. The molecule has 1 N–H and O–H groups in total. The molecule has 1 atom stereocenters. The van der Waals surface area contributed by atoms with Crippen molar-refractivity contribution in [2.24, 2.45) is 0 Å². The number of methoxy groups -OCH3 is 1. The van der Waals surface area contributed by atoms with E-state index in [1.807, 2.05) is 31.2 Å². The molecule has 5 nitrogen and oxygen atoms in total. The molecule has 0 spiro atoms. The predicted octanol–water partition coefficient (Wildman–Crippen LogP) is 2.77. The van der Waals surface area contributed by atoms with Crippen LogP contribution in [0.3, 0.4) is 0 Å². The Morgan fingerprint density at radius 2 is 2.00 bits per heavy atom. The Labute approximate surface area is 126 Å². The number of hydrogen-bond acceptors (Lipinski definition) is 4. The molecular formula is C16H24N4O. The van der Waals surface area contributed by atoms with Gasteiger partial charge in [0.1, 0.15) is 0 Å². The van der Waals surface area contributed by atoms with Crippen molar-refractivity contribution in [3.63, 3.8) is 0 Å². The Morgan fingerprint density at radius 3 is 2.62 bits per heavy atom. The Morgan fingerprint density at radius 1 is 1.29 bits per heavy atom. The maximum atomic E-state index is 5.05. The van der Waals surface area contributed by atoms with E-state index in [4.69, 9.17) is 4.74 Å². The minimum atomic E-state index is 0.237. The van der Waals surface area contributed by atoms with Gasteiger partial charge >= 0.3 is 0 Å². The third-order valence-electron chi connectivity index (χ3n) is 3.45. The number of ether oxygens (including phenoxy) is 1. The molecule has 2 aromatic rings. The molecule has 21 heavy (non-hydrogen) atoms. The predicted molar refractivity (Wildman–Crippen MR) is 86.9 cm³/mol. The first kappa shape index (κ1) is 15.4. The largest absolute Gasteiger partial charge is 0.383 e. The summed E-state index contributed by atoms with van der Waals surface area (Å²) >= 11 is 0. The maximum Gasteiger partial charge on any atom is 0.0731 e. The van der Waals surface area contributed by atoms with Crippen LogP contribution in [0, 0.1) is 0 Å². The highest BCUT2D eigenvalue weighted by Gasteiger charge is 2.07. The van der Waals surface area contributed by atoms with Gasteiger partial charge in [0.15, 0.2) is 0 Å². The fourth-order valence-electron chi connectivity index (χ4n) is 2.14. The van der Waals surface area contributed by atoms with Crippen LogP contribution in [0.1, 0.15) is 18.5 Å². The molecule has 0 aliphatic heterocycles. The number of nitrogens with zero attached hydrogens (tertiary/aromatic N) is 3. The summed E-state index contributed by atoms with van der Waals surface area (Å²) in [7, 11) is 5.79. The second-order valence-corrected chi connectivity index (χ2v) is 5.34. The highest BCUT2D eigenvalue weighted by Crippen LogP contribution is 2.21. The van der Waals surface area contributed by atoms with Gasteiger partial charge in [0.25, 0.3) is 0 Å². The minimum Gasteiger partial charge on any atom is -0.383 e. The summed E-state index contributed by atoms with van der Waals surface area (Å²) in [6.45, 7) is 3.59. The molecule has 1 unspecified atom stereocenters. The van der Waals surface area contributed by atoms with E-state index in [-0.39, 0.29) is 6.04 Å². The van der Waals surface area contributed by atoms with Gasteiger partial charge in [-0.1, -0.05) is 12.1 Å². The standard InChI is InChI=1S/C16H24N4O/c1-13(14-5-7-16(8-6-14)19(2)3)18-15-11-17-20(12-15)9-10-21-4/h5-8,11-13,18H,9-10H2,1-4H3. The molecule has 0 amide bonds. The first-order chi connectivity index (χ1) is 10.1. The van der Waals surface area contributed by atoms with Crippen LogP contribution >= 0.6 is 0 Å². The third kappa shape index (κ3) is 4.23. The van der Waals surface area contributed by atoms with E-state index in [0.29, 0.717) is 6.61 Å². The van der Waals surface area contributed by atoms with Crippen LogP contribution in [0.4, 0.5) is 11.4 Å². The van der Waals surface area contributed by atoms with E-state index in [2.05, 4.69) is 46.5 Å². The van der Waals surface area contributed by atoms with Crippen LogP contribution in [0.5, 0.6) is 0 Å². The SMILES string of the molecule is COCCn1cc(NC(C)c2ccc(N(C)C)cc2)cn1. The fourth-order valence-corrected chi connectivity index (χ4v) is 2.14. The van der Waals surface area contributed by atoms with Gasteiger partial charge in [-0.05, 0) is 24.6 Å². The number of benzene rings is 1. The maximum absolute atomic E-state index is 5.05. The lowest BCUT2D eigenvalue weighted by Gasteiger charge is -2.17. The van der Waals surface area contributed by atoms with Crippen molar-refractivity contribution >= 4 is 11.4 Å². The van der Waals surface area contributed by atoms with Crippen molar-refractivity contribution in [1.29, 1.82) is 0 Å². The molecule has 1 aromatic carbocycles. The number of hydrogen-bond donors (Lipinski definition) is 1. The average molecular weight is 288 g/mol. The molecule has 0 radical (unpaired) electrons.